The van der Waals surface area contributed by atoms with E-state index < -0.39 is 9.84 Å². The Labute approximate surface area is 218 Å². The number of fused-ring (bicyclic) bond motifs is 4. The van der Waals surface area contributed by atoms with E-state index in [1.807, 2.05) is 6.92 Å². The quantitative estimate of drug-likeness (QED) is 0.628. The van der Waals surface area contributed by atoms with Crippen molar-refractivity contribution in [3.63, 3.8) is 0 Å². The van der Waals surface area contributed by atoms with Gasteiger partial charge in [-0.05, 0) is 62.6 Å². The van der Waals surface area contributed by atoms with Gasteiger partial charge < -0.3 is 20.3 Å². The molecule has 2 aromatic rings. The monoisotopic (exact) mass is 524 g/mol. The zero-order valence-electron chi connectivity index (χ0n) is 21.6. The van der Waals surface area contributed by atoms with Crippen molar-refractivity contribution in [2.24, 2.45) is 0 Å². The topological polar surface area (TPSA) is 99.7 Å². The van der Waals surface area contributed by atoms with E-state index >= 15 is 0 Å². The van der Waals surface area contributed by atoms with Gasteiger partial charge in [0.2, 0.25) is 0 Å². The van der Waals surface area contributed by atoms with Gasteiger partial charge in [0.15, 0.2) is 9.84 Å². The van der Waals surface area contributed by atoms with E-state index in [-0.39, 0.29) is 17.6 Å². The Hall–Kier alpha value is -2.43. The minimum absolute atomic E-state index is 0.148. The minimum atomic E-state index is -2.98. The fourth-order valence-electron chi connectivity index (χ4n) is 7.25. The van der Waals surface area contributed by atoms with E-state index in [4.69, 9.17) is 4.74 Å². The van der Waals surface area contributed by atoms with E-state index in [9.17, 15) is 8.42 Å². The van der Waals surface area contributed by atoms with Crippen LogP contribution in [-0.2, 0) is 9.84 Å². The van der Waals surface area contributed by atoms with Crippen LogP contribution in [0.15, 0.2) is 18.5 Å². The van der Waals surface area contributed by atoms with E-state index in [1.54, 1.807) is 6.33 Å². The van der Waals surface area contributed by atoms with E-state index in [2.05, 4.69) is 49.5 Å². The summed E-state index contributed by atoms with van der Waals surface area (Å²) in [5, 5.41) is 7.05. The van der Waals surface area contributed by atoms with Crippen LogP contribution < -0.4 is 20.3 Å². The number of sulfone groups is 1. The molecule has 4 fully saturated rings. The van der Waals surface area contributed by atoms with Crippen LogP contribution in [0.2, 0.25) is 0 Å². The van der Waals surface area contributed by atoms with Crippen LogP contribution in [0.3, 0.4) is 0 Å². The number of aryl methyl sites for hydroxylation is 1. The Morgan fingerprint density at radius 3 is 2.43 bits per heavy atom. The molecule has 5 aliphatic rings. The summed E-state index contributed by atoms with van der Waals surface area (Å²) in [7, 11) is -2.98. The van der Waals surface area contributed by atoms with Gasteiger partial charge in [0.1, 0.15) is 29.8 Å². The largest absolute Gasteiger partial charge is 0.483 e. The Balaban J connectivity index is 1.18. The molecule has 1 aromatic heterocycles. The lowest BCUT2D eigenvalue weighted by atomic mass is 9.83. The second-order valence-corrected chi connectivity index (χ2v) is 13.8. The summed E-state index contributed by atoms with van der Waals surface area (Å²) in [5.74, 6) is 3.23. The molecule has 37 heavy (non-hydrogen) atoms. The average molecular weight is 525 g/mol. The molecule has 2 bridgehead atoms. The SMILES string of the molecule is Cc1cc(C2CC3CCC(C2)N3C2CNC2)cc2c1O[C@H](C)c1c(ncnc1N1CCS(=O)(=O)CC1)N2. The number of anilines is 3. The zero-order chi connectivity index (χ0) is 25.3. The van der Waals surface area contributed by atoms with E-state index in [0.29, 0.717) is 31.1 Å². The van der Waals surface area contributed by atoms with Crippen LogP contribution in [0.25, 0.3) is 0 Å². The predicted octanol–water partition coefficient (Wildman–Crippen LogP) is 2.90. The lowest BCUT2D eigenvalue weighted by Crippen LogP contribution is -2.61. The smallest absolute Gasteiger partial charge is 0.153 e. The van der Waals surface area contributed by atoms with Gasteiger partial charge in [-0.3, -0.25) is 4.90 Å². The molecule has 6 heterocycles. The number of nitrogens with zero attached hydrogens (tertiary/aromatic N) is 4. The summed E-state index contributed by atoms with van der Waals surface area (Å²) in [6, 6.07) is 6.74. The van der Waals surface area contributed by atoms with Crippen LogP contribution >= 0.6 is 0 Å². The van der Waals surface area contributed by atoms with Crippen molar-refractivity contribution < 1.29 is 13.2 Å². The van der Waals surface area contributed by atoms with Crippen molar-refractivity contribution in [2.45, 2.75) is 69.7 Å². The Morgan fingerprint density at radius 1 is 1.03 bits per heavy atom. The zero-order valence-corrected chi connectivity index (χ0v) is 22.4. The van der Waals surface area contributed by atoms with Gasteiger partial charge in [-0.25, -0.2) is 18.4 Å². The highest BCUT2D eigenvalue weighted by Gasteiger charge is 2.45. The lowest BCUT2D eigenvalue weighted by molar-refractivity contribution is 0.0497. The number of hydrogen-bond acceptors (Lipinski definition) is 9. The number of hydrogen-bond donors (Lipinski definition) is 2. The highest BCUT2D eigenvalue weighted by atomic mass is 32.2. The molecule has 2 unspecified atom stereocenters. The second-order valence-electron chi connectivity index (χ2n) is 11.5. The third-order valence-corrected chi connectivity index (χ3v) is 10.8. The molecule has 7 rings (SSSR count). The van der Waals surface area contributed by atoms with Gasteiger partial charge in [-0.1, -0.05) is 6.07 Å². The van der Waals surface area contributed by atoms with E-state index in [0.717, 1.165) is 53.3 Å². The van der Waals surface area contributed by atoms with Gasteiger partial charge in [0, 0.05) is 44.3 Å². The number of rotatable bonds is 3. The Bertz CT molecular complexity index is 1300. The average Bonchev–Trinajstić information content (AvgIpc) is 3.00. The third kappa shape index (κ3) is 4.08. The first-order valence-electron chi connectivity index (χ1n) is 13.7. The summed E-state index contributed by atoms with van der Waals surface area (Å²) in [6.45, 7) is 7.33. The molecule has 0 aliphatic carbocycles. The summed E-state index contributed by atoms with van der Waals surface area (Å²) >= 11 is 0. The third-order valence-electron chi connectivity index (χ3n) is 9.20. The Kier molecular flexibility index (Phi) is 5.64. The number of benzene rings is 1. The number of nitrogens with one attached hydrogen (secondary N) is 2. The van der Waals surface area contributed by atoms with Crippen LogP contribution in [0.1, 0.15) is 61.3 Å². The van der Waals surface area contributed by atoms with E-state index in [1.165, 1.54) is 31.2 Å². The first-order chi connectivity index (χ1) is 17.9. The van der Waals surface area contributed by atoms with Crippen molar-refractivity contribution in [1.29, 1.82) is 0 Å². The van der Waals surface area contributed by atoms with Gasteiger partial charge in [-0.2, -0.15) is 0 Å². The normalized spacial score (nSPS) is 30.9. The molecular weight excluding hydrogens is 488 g/mol. The molecule has 0 amide bonds. The molecule has 3 atom stereocenters. The summed E-state index contributed by atoms with van der Waals surface area (Å²) < 4.78 is 30.5. The van der Waals surface area contributed by atoms with Crippen LogP contribution in [0.5, 0.6) is 5.75 Å². The maximum Gasteiger partial charge on any atom is 0.153 e. The molecule has 10 heteroatoms. The fraction of sp³-hybridized carbons (Fsp3) is 0.630. The second kappa shape index (κ2) is 8.81. The number of piperidine rings is 1. The fourth-order valence-corrected chi connectivity index (χ4v) is 8.45. The molecule has 9 nitrogen and oxygen atoms in total. The molecule has 0 spiro atoms. The predicted molar refractivity (Wildman–Crippen MR) is 144 cm³/mol. The molecule has 5 aliphatic heterocycles. The van der Waals surface area contributed by atoms with Gasteiger partial charge in [-0.15, -0.1) is 0 Å². The van der Waals surface area contributed by atoms with Crippen molar-refractivity contribution in [1.82, 2.24) is 20.2 Å². The van der Waals surface area contributed by atoms with Crippen LogP contribution in [0.4, 0.5) is 17.3 Å². The standard InChI is InChI=1S/C27H36N6O3S/c1-16-9-18(19-10-20-3-4-21(11-19)33(20)22-13-28-14-22)12-23-25(16)36-17(2)24-26(31-23)29-15-30-27(24)32-5-7-37(34,35)8-6-32/h9,12,15,17,19-22,28H,3-8,10-11,13-14H2,1-2H3,(H,29,30,31)/t17-,19?,20?,21?/m1/s1. The Morgan fingerprint density at radius 2 is 1.76 bits per heavy atom. The van der Waals surface area contributed by atoms with Crippen LogP contribution in [0, 0.1) is 6.92 Å². The molecule has 2 N–H and O–H groups in total. The number of aromatic nitrogens is 2. The molecule has 0 radical (unpaired) electrons. The molecule has 1 aromatic carbocycles. The summed E-state index contributed by atoms with van der Waals surface area (Å²) in [4.78, 5) is 14.1. The maximum absolute atomic E-state index is 12.0. The van der Waals surface area contributed by atoms with Crippen LogP contribution in [-0.4, -0.2) is 79.1 Å². The lowest BCUT2D eigenvalue weighted by Gasteiger charge is -2.47. The van der Waals surface area contributed by atoms with Gasteiger partial charge in [0.25, 0.3) is 0 Å². The van der Waals surface area contributed by atoms with Crippen molar-refractivity contribution >= 4 is 27.2 Å². The number of ether oxygens (including phenoxy) is 1. The highest BCUT2D eigenvalue weighted by molar-refractivity contribution is 7.91. The molecule has 0 saturated carbocycles. The van der Waals surface area contributed by atoms with Crippen molar-refractivity contribution in [2.75, 3.05) is 47.9 Å². The maximum atomic E-state index is 12.0. The minimum Gasteiger partial charge on any atom is -0.483 e. The summed E-state index contributed by atoms with van der Waals surface area (Å²) in [6.07, 6.45) is 6.41. The first kappa shape index (κ1) is 23.7. The molecular formula is C27H36N6O3S. The van der Waals surface area contributed by atoms with Crippen molar-refractivity contribution in [3.05, 3.63) is 35.2 Å². The first-order valence-corrected chi connectivity index (χ1v) is 15.5. The highest BCUT2D eigenvalue weighted by Crippen LogP contribution is 2.48. The summed E-state index contributed by atoms with van der Waals surface area (Å²) in [5.41, 5.74) is 4.38. The van der Waals surface area contributed by atoms with Gasteiger partial charge >= 0.3 is 0 Å². The van der Waals surface area contributed by atoms with Gasteiger partial charge in [0.05, 0.1) is 22.8 Å². The van der Waals surface area contributed by atoms with Crippen molar-refractivity contribution in [3.8, 4) is 5.75 Å². The molecule has 198 valence electrons. The molecule has 4 saturated heterocycles.